The first-order valence-electron chi connectivity index (χ1n) is 6.79. The Labute approximate surface area is 118 Å². The highest BCUT2D eigenvalue weighted by Gasteiger charge is 2.20. The highest BCUT2D eigenvalue weighted by molar-refractivity contribution is 5.96. The molecule has 0 bridgehead atoms. The number of hydrogen-bond acceptors (Lipinski definition) is 4. The Morgan fingerprint density at radius 2 is 2.10 bits per heavy atom. The fraction of sp³-hybridized carbons (Fsp3) is 0.467. The number of aryl methyl sites for hydroxylation is 1. The maximum Gasteiger partial charge on any atom is 0.337 e. The number of methoxy groups -OCH3 is 1. The van der Waals surface area contributed by atoms with Gasteiger partial charge in [0.25, 0.3) is 0 Å². The van der Waals surface area contributed by atoms with Gasteiger partial charge < -0.3 is 15.4 Å². The van der Waals surface area contributed by atoms with Gasteiger partial charge in [0, 0.05) is 5.69 Å². The van der Waals surface area contributed by atoms with E-state index in [-0.39, 0.29) is 5.91 Å². The molecule has 0 unspecified atom stereocenters. The second-order valence-corrected chi connectivity index (χ2v) is 5.14. The van der Waals surface area contributed by atoms with Crippen molar-refractivity contribution in [2.45, 2.75) is 19.8 Å². The van der Waals surface area contributed by atoms with Crippen LogP contribution in [0.3, 0.4) is 0 Å². The summed E-state index contributed by atoms with van der Waals surface area (Å²) < 4.78 is 4.67. The molecule has 0 atom stereocenters. The summed E-state index contributed by atoms with van der Waals surface area (Å²) in [5, 5.41) is 5.95. The van der Waals surface area contributed by atoms with Crippen LogP contribution in [0.1, 0.15) is 28.8 Å². The van der Waals surface area contributed by atoms with Crippen LogP contribution in [0.25, 0.3) is 0 Å². The monoisotopic (exact) mass is 276 g/mol. The molecule has 0 radical (unpaired) electrons. The number of benzene rings is 1. The molecule has 108 valence electrons. The van der Waals surface area contributed by atoms with E-state index in [0.29, 0.717) is 17.8 Å². The SMILES string of the molecule is COC(=O)c1ccc(C)c(NC(=O)CNCC2CC2)c1. The van der Waals surface area contributed by atoms with E-state index in [4.69, 9.17) is 0 Å². The van der Waals surface area contributed by atoms with E-state index >= 15 is 0 Å². The van der Waals surface area contributed by atoms with E-state index in [9.17, 15) is 9.59 Å². The summed E-state index contributed by atoms with van der Waals surface area (Å²) in [6.45, 7) is 3.07. The van der Waals surface area contributed by atoms with Gasteiger partial charge in [-0.05, 0) is 49.9 Å². The lowest BCUT2D eigenvalue weighted by molar-refractivity contribution is -0.115. The van der Waals surface area contributed by atoms with Gasteiger partial charge in [0.2, 0.25) is 5.91 Å². The molecule has 1 fully saturated rings. The number of hydrogen-bond donors (Lipinski definition) is 2. The Hall–Kier alpha value is -1.88. The van der Waals surface area contributed by atoms with Crippen LogP contribution >= 0.6 is 0 Å². The number of carbonyl (C=O) groups is 2. The van der Waals surface area contributed by atoms with Crippen LogP contribution in [0.5, 0.6) is 0 Å². The number of carbonyl (C=O) groups excluding carboxylic acids is 2. The van der Waals surface area contributed by atoms with Crippen molar-refractivity contribution in [3.8, 4) is 0 Å². The molecule has 2 N–H and O–H groups in total. The van der Waals surface area contributed by atoms with Crippen LogP contribution in [0, 0.1) is 12.8 Å². The molecule has 5 nitrogen and oxygen atoms in total. The first-order chi connectivity index (χ1) is 9.60. The van der Waals surface area contributed by atoms with E-state index in [1.54, 1.807) is 18.2 Å². The van der Waals surface area contributed by atoms with Gasteiger partial charge in [-0.1, -0.05) is 6.07 Å². The molecule has 2 rings (SSSR count). The van der Waals surface area contributed by atoms with Crippen LogP contribution in [0.15, 0.2) is 18.2 Å². The summed E-state index contributed by atoms with van der Waals surface area (Å²) in [6.07, 6.45) is 2.52. The van der Waals surface area contributed by atoms with Gasteiger partial charge in [-0.15, -0.1) is 0 Å². The lowest BCUT2D eigenvalue weighted by atomic mass is 10.1. The third kappa shape index (κ3) is 4.06. The van der Waals surface area contributed by atoms with E-state index < -0.39 is 5.97 Å². The van der Waals surface area contributed by atoms with Crippen molar-refractivity contribution in [1.82, 2.24) is 5.32 Å². The van der Waals surface area contributed by atoms with Gasteiger partial charge in [0.05, 0.1) is 19.2 Å². The standard InChI is InChI=1S/C15H20N2O3/c1-10-3-6-12(15(19)20-2)7-13(10)17-14(18)9-16-8-11-4-5-11/h3,6-7,11,16H,4-5,8-9H2,1-2H3,(H,17,18). The zero-order chi connectivity index (χ0) is 14.5. The summed E-state index contributed by atoms with van der Waals surface area (Å²) >= 11 is 0. The van der Waals surface area contributed by atoms with E-state index in [2.05, 4.69) is 15.4 Å². The van der Waals surface area contributed by atoms with Crippen molar-refractivity contribution >= 4 is 17.6 Å². The second kappa shape index (κ2) is 6.52. The molecule has 20 heavy (non-hydrogen) atoms. The average Bonchev–Trinajstić information content (AvgIpc) is 3.24. The van der Waals surface area contributed by atoms with Gasteiger partial charge in [-0.25, -0.2) is 4.79 Å². The molecular weight excluding hydrogens is 256 g/mol. The summed E-state index contributed by atoms with van der Waals surface area (Å²) in [4.78, 5) is 23.3. The largest absolute Gasteiger partial charge is 0.465 e. The smallest absolute Gasteiger partial charge is 0.337 e. The number of esters is 1. The maximum atomic E-state index is 11.8. The molecule has 5 heteroatoms. The number of amides is 1. The molecule has 1 aromatic rings. The zero-order valence-electron chi connectivity index (χ0n) is 11.9. The third-order valence-corrected chi connectivity index (χ3v) is 3.35. The summed E-state index contributed by atoms with van der Waals surface area (Å²) in [5.74, 6) is 0.232. The van der Waals surface area contributed by atoms with Crippen molar-refractivity contribution < 1.29 is 14.3 Å². The van der Waals surface area contributed by atoms with Gasteiger partial charge in [-0.2, -0.15) is 0 Å². The molecule has 0 heterocycles. The average molecular weight is 276 g/mol. The van der Waals surface area contributed by atoms with Gasteiger partial charge in [0.15, 0.2) is 0 Å². The maximum absolute atomic E-state index is 11.8. The lowest BCUT2D eigenvalue weighted by Gasteiger charge is -2.10. The molecule has 0 spiro atoms. The van der Waals surface area contributed by atoms with Crippen LogP contribution < -0.4 is 10.6 Å². The van der Waals surface area contributed by atoms with Gasteiger partial charge in [0.1, 0.15) is 0 Å². The van der Waals surface area contributed by atoms with Crippen molar-refractivity contribution in [3.63, 3.8) is 0 Å². The quantitative estimate of drug-likeness (QED) is 0.776. The topological polar surface area (TPSA) is 67.4 Å². The fourth-order valence-electron chi connectivity index (χ4n) is 1.91. The molecular formula is C15H20N2O3. The molecule has 0 aromatic heterocycles. The van der Waals surface area contributed by atoms with Gasteiger partial charge >= 0.3 is 5.97 Å². The number of rotatable bonds is 6. The van der Waals surface area contributed by atoms with E-state index in [1.165, 1.54) is 20.0 Å². The molecule has 0 aliphatic heterocycles. The van der Waals surface area contributed by atoms with Crippen LogP contribution in [-0.4, -0.2) is 32.1 Å². The van der Waals surface area contributed by atoms with Crippen molar-refractivity contribution in [1.29, 1.82) is 0 Å². The molecule has 1 amide bonds. The molecule has 1 aromatic carbocycles. The number of anilines is 1. The van der Waals surface area contributed by atoms with Crippen LogP contribution in [0.2, 0.25) is 0 Å². The van der Waals surface area contributed by atoms with Crippen molar-refractivity contribution in [2.75, 3.05) is 25.5 Å². The van der Waals surface area contributed by atoms with Gasteiger partial charge in [-0.3, -0.25) is 4.79 Å². The van der Waals surface area contributed by atoms with E-state index in [1.807, 2.05) is 6.92 Å². The molecule has 0 saturated heterocycles. The zero-order valence-corrected chi connectivity index (χ0v) is 11.9. The molecule has 1 aliphatic carbocycles. The minimum Gasteiger partial charge on any atom is -0.465 e. The van der Waals surface area contributed by atoms with Crippen molar-refractivity contribution in [2.24, 2.45) is 5.92 Å². The molecule has 1 aliphatic rings. The summed E-state index contributed by atoms with van der Waals surface area (Å²) in [6, 6.07) is 5.11. The first kappa shape index (κ1) is 14.5. The number of nitrogens with one attached hydrogen (secondary N) is 2. The van der Waals surface area contributed by atoms with Crippen molar-refractivity contribution in [3.05, 3.63) is 29.3 Å². The molecule has 1 saturated carbocycles. The minimum atomic E-state index is -0.410. The normalized spacial score (nSPS) is 13.9. The second-order valence-electron chi connectivity index (χ2n) is 5.14. The summed E-state index contributed by atoms with van der Waals surface area (Å²) in [5.41, 5.74) is 1.98. The van der Waals surface area contributed by atoms with Crippen LogP contribution in [-0.2, 0) is 9.53 Å². The Balaban J connectivity index is 1.92. The lowest BCUT2D eigenvalue weighted by Crippen LogP contribution is -2.29. The Kier molecular flexibility index (Phi) is 4.74. The minimum absolute atomic E-state index is 0.101. The van der Waals surface area contributed by atoms with E-state index in [0.717, 1.165) is 18.0 Å². The predicted molar refractivity (Wildman–Crippen MR) is 76.7 cm³/mol. The van der Waals surface area contributed by atoms with Crippen LogP contribution in [0.4, 0.5) is 5.69 Å². The Morgan fingerprint density at radius 3 is 2.75 bits per heavy atom. The first-order valence-corrected chi connectivity index (χ1v) is 6.79. The highest BCUT2D eigenvalue weighted by Crippen LogP contribution is 2.27. The highest BCUT2D eigenvalue weighted by atomic mass is 16.5. The summed E-state index contributed by atoms with van der Waals surface area (Å²) in [7, 11) is 1.34. The Bertz CT molecular complexity index is 510. The third-order valence-electron chi connectivity index (χ3n) is 3.35. The number of ether oxygens (including phenoxy) is 1. The Morgan fingerprint density at radius 1 is 1.35 bits per heavy atom. The fourth-order valence-corrected chi connectivity index (χ4v) is 1.91. The predicted octanol–water partition coefficient (Wildman–Crippen LogP) is 1.72.